The highest BCUT2D eigenvalue weighted by Gasteiger charge is 2.35. The fourth-order valence-corrected chi connectivity index (χ4v) is 2.12. The van der Waals surface area contributed by atoms with Crippen molar-refractivity contribution in [2.45, 2.75) is 51.6 Å². The van der Waals surface area contributed by atoms with Gasteiger partial charge in [0.25, 0.3) is 0 Å². The summed E-state index contributed by atoms with van der Waals surface area (Å²) in [5.74, 6) is -0.273. The number of ether oxygens (including phenoxy) is 1. The number of alkyl halides is 3. The van der Waals surface area contributed by atoms with Crippen molar-refractivity contribution in [3.8, 4) is 5.75 Å². The van der Waals surface area contributed by atoms with Gasteiger partial charge in [0, 0.05) is 0 Å². The van der Waals surface area contributed by atoms with E-state index < -0.39 is 18.9 Å². The van der Waals surface area contributed by atoms with Gasteiger partial charge in [-0.3, -0.25) is 0 Å². The van der Waals surface area contributed by atoms with E-state index in [9.17, 15) is 13.2 Å². The summed E-state index contributed by atoms with van der Waals surface area (Å²) in [6, 6.07) is 3.06. The largest absolute Gasteiger partial charge is 0.493 e. The van der Waals surface area contributed by atoms with Crippen LogP contribution >= 0.6 is 0 Å². The number of unbranched alkanes of at least 4 members (excludes halogenated alkanes) is 5. The lowest BCUT2D eigenvalue weighted by Crippen LogP contribution is -2.31. The Morgan fingerprint density at radius 3 is 2.27 bits per heavy atom. The van der Waals surface area contributed by atoms with Crippen LogP contribution in [0.1, 0.15) is 51.0 Å². The minimum absolute atomic E-state index is 0.209. The van der Waals surface area contributed by atoms with Crippen LogP contribution in [-0.2, 0) is 6.18 Å². The third-order valence-electron chi connectivity index (χ3n) is 3.36. The van der Waals surface area contributed by atoms with E-state index in [0.717, 1.165) is 31.7 Å². The van der Waals surface area contributed by atoms with Crippen LogP contribution in [0, 0.1) is 0 Å². The maximum Gasteiger partial charge on any atom is 0.488 e. The highest BCUT2D eigenvalue weighted by atomic mass is 19.4. The van der Waals surface area contributed by atoms with Crippen molar-refractivity contribution in [1.29, 1.82) is 0 Å². The Hall–Kier alpha value is -1.21. The van der Waals surface area contributed by atoms with Crippen LogP contribution in [0.15, 0.2) is 18.2 Å². The Bertz CT molecular complexity index is 450. The van der Waals surface area contributed by atoms with Crippen LogP contribution in [0.2, 0.25) is 0 Å². The summed E-state index contributed by atoms with van der Waals surface area (Å²) in [5.41, 5.74) is -1.19. The predicted molar refractivity (Wildman–Crippen MR) is 80.1 cm³/mol. The number of hydrogen-bond donors (Lipinski definition) is 2. The molecule has 0 radical (unpaired) electrons. The molecule has 0 aliphatic rings. The first-order chi connectivity index (χ1) is 10.4. The van der Waals surface area contributed by atoms with Crippen LogP contribution in [0.3, 0.4) is 0 Å². The van der Waals surface area contributed by atoms with Crippen LogP contribution in [0.25, 0.3) is 0 Å². The van der Waals surface area contributed by atoms with Gasteiger partial charge in [-0.05, 0) is 24.0 Å². The van der Waals surface area contributed by atoms with Crippen molar-refractivity contribution < 1.29 is 28.0 Å². The van der Waals surface area contributed by atoms with Gasteiger partial charge in [-0.15, -0.1) is 0 Å². The fourth-order valence-electron chi connectivity index (χ4n) is 2.12. The van der Waals surface area contributed by atoms with Crippen molar-refractivity contribution >= 4 is 12.6 Å². The molecule has 0 aliphatic heterocycles. The molecule has 1 rings (SSSR count). The van der Waals surface area contributed by atoms with Crippen molar-refractivity contribution in [3.63, 3.8) is 0 Å². The summed E-state index contributed by atoms with van der Waals surface area (Å²) in [4.78, 5) is 0. The number of benzene rings is 1. The summed E-state index contributed by atoms with van der Waals surface area (Å²) in [5, 5.41) is 17.9. The summed E-state index contributed by atoms with van der Waals surface area (Å²) >= 11 is 0. The van der Waals surface area contributed by atoms with E-state index in [0.29, 0.717) is 12.5 Å². The molecule has 0 heterocycles. The summed E-state index contributed by atoms with van der Waals surface area (Å²) in [6.45, 7) is 2.34. The molecule has 0 unspecified atom stereocenters. The molecule has 0 saturated carbocycles. The SMILES string of the molecule is CCCCCCCCOc1ccc(B(O)O)cc1C(F)(F)F. The first-order valence-corrected chi connectivity index (χ1v) is 7.56. The first kappa shape index (κ1) is 18.8. The predicted octanol–water partition coefficient (Wildman–Crippen LogP) is 3.12. The smallest absolute Gasteiger partial charge is 0.488 e. The van der Waals surface area contributed by atoms with Crippen LogP contribution in [0.4, 0.5) is 13.2 Å². The van der Waals surface area contributed by atoms with Gasteiger partial charge in [0.1, 0.15) is 5.75 Å². The molecule has 124 valence electrons. The highest BCUT2D eigenvalue weighted by Crippen LogP contribution is 2.35. The monoisotopic (exact) mass is 318 g/mol. The van der Waals surface area contributed by atoms with Crippen molar-refractivity contribution in [2.24, 2.45) is 0 Å². The number of halogens is 3. The maximum absolute atomic E-state index is 13.0. The average Bonchev–Trinajstić information content (AvgIpc) is 2.45. The Kier molecular flexibility index (Phi) is 7.75. The van der Waals surface area contributed by atoms with Gasteiger partial charge < -0.3 is 14.8 Å². The standard InChI is InChI=1S/C15H22BF3O3/c1-2-3-4-5-6-7-10-22-14-9-8-12(16(20)21)11-13(14)15(17,18)19/h8-9,11,20-21H,2-7,10H2,1H3. The first-order valence-electron chi connectivity index (χ1n) is 7.56. The van der Waals surface area contributed by atoms with E-state index in [1.807, 2.05) is 0 Å². The van der Waals surface area contributed by atoms with Crippen molar-refractivity contribution in [2.75, 3.05) is 6.61 Å². The lowest BCUT2D eigenvalue weighted by molar-refractivity contribution is -0.138. The van der Waals surface area contributed by atoms with Gasteiger partial charge in [0.05, 0.1) is 12.2 Å². The minimum atomic E-state index is -4.60. The molecular weight excluding hydrogens is 296 g/mol. The second-order valence-corrected chi connectivity index (χ2v) is 5.24. The lowest BCUT2D eigenvalue weighted by atomic mass is 9.79. The molecule has 0 fully saturated rings. The van der Waals surface area contributed by atoms with Gasteiger partial charge in [0.2, 0.25) is 0 Å². The molecule has 0 aromatic heterocycles. The third-order valence-corrected chi connectivity index (χ3v) is 3.36. The van der Waals surface area contributed by atoms with Gasteiger partial charge in [-0.25, -0.2) is 0 Å². The Morgan fingerprint density at radius 1 is 1.05 bits per heavy atom. The average molecular weight is 318 g/mol. The topological polar surface area (TPSA) is 49.7 Å². The Morgan fingerprint density at radius 2 is 1.68 bits per heavy atom. The minimum Gasteiger partial charge on any atom is -0.493 e. The molecule has 3 nitrogen and oxygen atoms in total. The third kappa shape index (κ3) is 6.28. The lowest BCUT2D eigenvalue weighted by Gasteiger charge is -2.15. The van der Waals surface area contributed by atoms with Crippen molar-refractivity contribution in [3.05, 3.63) is 23.8 Å². The maximum atomic E-state index is 13.0. The zero-order chi connectivity index (χ0) is 16.6. The van der Waals surface area contributed by atoms with E-state index in [2.05, 4.69) is 6.92 Å². The molecule has 0 bridgehead atoms. The molecule has 0 saturated heterocycles. The molecular formula is C15H22BF3O3. The van der Waals surface area contributed by atoms with Gasteiger partial charge in [-0.1, -0.05) is 45.1 Å². The Balaban J connectivity index is 2.58. The van der Waals surface area contributed by atoms with E-state index in [4.69, 9.17) is 14.8 Å². The quantitative estimate of drug-likeness (QED) is 0.543. The molecule has 2 N–H and O–H groups in total. The second-order valence-electron chi connectivity index (χ2n) is 5.24. The zero-order valence-electron chi connectivity index (χ0n) is 12.7. The van der Waals surface area contributed by atoms with Gasteiger partial charge in [0.15, 0.2) is 0 Å². The van der Waals surface area contributed by atoms with E-state index in [-0.39, 0.29) is 17.8 Å². The summed E-state index contributed by atoms with van der Waals surface area (Å²) in [6.07, 6.45) is 1.53. The highest BCUT2D eigenvalue weighted by molar-refractivity contribution is 6.58. The molecule has 22 heavy (non-hydrogen) atoms. The second kappa shape index (κ2) is 9.05. The van der Waals surface area contributed by atoms with E-state index in [1.54, 1.807) is 0 Å². The van der Waals surface area contributed by atoms with E-state index in [1.165, 1.54) is 12.5 Å². The van der Waals surface area contributed by atoms with E-state index >= 15 is 0 Å². The van der Waals surface area contributed by atoms with Crippen LogP contribution in [0.5, 0.6) is 5.75 Å². The molecule has 0 aliphatic carbocycles. The molecule has 0 atom stereocenters. The fraction of sp³-hybridized carbons (Fsp3) is 0.600. The van der Waals surface area contributed by atoms with Crippen LogP contribution < -0.4 is 10.2 Å². The summed E-state index contributed by atoms with van der Waals surface area (Å²) < 4.78 is 44.1. The zero-order valence-corrected chi connectivity index (χ0v) is 12.7. The molecule has 1 aromatic rings. The Labute approximate surface area is 129 Å². The molecule has 7 heteroatoms. The van der Waals surface area contributed by atoms with Crippen molar-refractivity contribution in [1.82, 2.24) is 0 Å². The molecule has 0 spiro atoms. The normalized spacial score (nSPS) is 11.5. The molecule has 1 aromatic carbocycles. The number of rotatable bonds is 9. The summed E-state index contributed by atoms with van der Waals surface area (Å²) in [7, 11) is -1.94. The number of hydrogen-bond acceptors (Lipinski definition) is 3. The van der Waals surface area contributed by atoms with Gasteiger partial charge in [-0.2, -0.15) is 13.2 Å². The van der Waals surface area contributed by atoms with Crippen LogP contribution in [-0.4, -0.2) is 23.8 Å². The molecule has 0 amide bonds. The van der Waals surface area contributed by atoms with Gasteiger partial charge >= 0.3 is 13.3 Å².